The van der Waals surface area contributed by atoms with Crippen molar-refractivity contribution in [2.75, 3.05) is 11.9 Å². The first kappa shape index (κ1) is 14.1. The highest BCUT2D eigenvalue weighted by molar-refractivity contribution is 6.05. The Morgan fingerprint density at radius 2 is 2.20 bits per heavy atom. The zero-order valence-electron chi connectivity index (χ0n) is 12.0. The monoisotopic (exact) mass is 273 g/mol. The highest BCUT2D eigenvalue weighted by Crippen LogP contribution is 2.26. The van der Waals surface area contributed by atoms with Gasteiger partial charge in [-0.25, -0.2) is 0 Å². The molecule has 0 fully saturated rings. The third-order valence-electron chi connectivity index (χ3n) is 2.92. The average Bonchev–Trinajstić information content (AvgIpc) is 2.85. The third kappa shape index (κ3) is 3.17. The molecule has 0 aliphatic heterocycles. The van der Waals surface area contributed by atoms with Gasteiger partial charge in [0.1, 0.15) is 5.75 Å². The molecule has 2 aromatic rings. The molecule has 5 heteroatoms. The summed E-state index contributed by atoms with van der Waals surface area (Å²) < 4.78 is 5.68. The fourth-order valence-electron chi connectivity index (χ4n) is 1.83. The van der Waals surface area contributed by atoms with E-state index in [-0.39, 0.29) is 5.91 Å². The summed E-state index contributed by atoms with van der Waals surface area (Å²) in [7, 11) is 0. The Morgan fingerprint density at radius 1 is 1.40 bits per heavy atom. The molecule has 0 saturated carbocycles. The van der Waals surface area contributed by atoms with Crippen LogP contribution in [0.1, 0.15) is 35.0 Å². The Bertz CT molecular complexity index is 605. The number of aryl methyl sites for hydroxylation is 2. The number of amides is 1. The molecule has 0 saturated heterocycles. The van der Waals surface area contributed by atoms with Crippen molar-refractivity contribution in [1.29, 1.82) is 0 Å². The van der Waals surface area contributed by atoms with E-state index >= 15 is 0 Å². The number of hydrogen-bond acceptors (Lipinski definition) is 3. The zero-order chi connectivity index (χ0) is 14.5. The number of carbonyl (C=O) groups excluding carboxylic acids is 1. The highest BCUT2D eigenvalue weighted by atomic mass is 16.5. The van der Waals surface area contributed by atoms with Crippen molar-refractivity contribution in [3.05, 3.63) is 41.2 Å². The molecule has 0 radical (unpaired) electrons. The zero-order valence-corrected chi connectivity index (χ0v) is 12.0. The maximum absolute atomic E-state index is 12.2. The van der Waals surface area contributed by atoms with Crippen molar-refractivity contribution in [2.45, 2.75) is 27.2 Å². The van der Waals surface area contributed by atoms with Crippen molar-refractivity contribution >= 4 is 11.6 Å². The standard InChI is InChI=1S/C15H19N3O2/c1-4-7-20-14-8-10(2)5-6-13(14)17-15(19)12-9-16-18-11(12)3/h5-6,8-9H,4,7H2,1-3H3,(H,16,18)(H,17,19). The number of rotatable bonds is 5. The fraction of sp³-hybridized carbons (Fsp3) is 0.333. The lowest BCUT2D eigenvalue weighted by atomic mass is 10.2. The summed E-state index contributed by atoms with van der Waals surface area (Å²) in [5, 5.41) is 9.47. The fourth-order valence-corrected chi connectivity index (χ4v) is 1.83. The van der Waals surface area contributed by atoms with Crippen LogP contribution in [0, 0.1) is 13.8 Å². The maximum Gasteiger partial charge on any atom is 0.259 e. The van der Waals surface area contributed by atoms with Crippen molar-refractivity contribution in [2.24, 2.45) is 0 Å². The molecule has 2 N–H and O–H groups in total. The van der Waals surface area contributed by atoms with Crippen LogP contribution < -0.4 is 10.1 Å². The van der Waals surface area contributed by atoms with Gasteiger partial charge in [0, 0.05) is 5.69 Å². The van der Waals surface area contributed by atoms with Crippen LogP contribution in [0.3, 0.4) is 0 Å². The van der Waals surface area contributed by atoms with E-state index in [9.17, 15) is 4.79 Å². The molecule has 0 aliphatic carbocycles. The molecule has 1 aromatic carbocycles. The number of aromatic nitrogens is 2. The lowest BCUT2D eigenvalue weighted by Crippen LogP contribution is -2.13. The van der Waals surface area contributed by atoms with Gasteiger partial charge in [0.15, 0.2) is 0 Å². The summed E-state index contributed by atoms with van der Waals surface area (Å²) in [5.41, 5.74) is 3.04. The van der Waals surface area contributed by atoms with Gasteiger partial charge in [-0.05, 0) is 38.0 Å². The Hall–Kier alpha value is -2.30. The van der Waals surface area contributed by atoms with Gasteiger partial charge < -0.3 is 10.1 Å². The summed E-state index contributed by atoms with van der Waals surface area (Å²) >= 11 is 0. The molecule has 5 nitrogen and oxygen atoms in total. The highest BCUT2D eigenvalue weighted by Gasteiger charge is 2.13. The number of carbonyl (C=O) groups is 1. The Balaban J connectivity index is 2.20. The van der Waals surface area contributed by atoms with Crippen LogP contribution in [0.15, 0.2) is 24.4 Å². The Labute approximate surface area is 118 Å². The van der Waals surface area contributed by atoms with E-state index < -0.39 is 0 Å². The molecule has 1 amide bonds. The van der Waals surface area contributed by atoms with E-state index in [0.717, 1.165) is 17.7 Å². The minimum atomic E-state index is -0.193. The number of anilines is 1. The Kier molecular flexibility index (Phi) is 4.40. The van der Waals surface area contributed by atoms with Gasteiger partial charge in [0.05, 0.1) is 24.1 Å². The molecule has 0 spiro atoms. The second-order valence-electron chi connectivity index (χ2n) is 4.71. The van der Waals surface area contributed by atoms with Crippen LogP contribution in [-0.4, -0.2) is 22.7 Å². The largest absolute Gasteiger partial charge is 0.491 e. The van der Waals surface area contributed by atoms with Gasteiger partial charge in [0.25, 0.3) is 5.91 Å². The number of nitrogens with zero attached hydrogens (tertiary/aromatic N) is 1. The Morgan fingerprint density at radius 3 is 2.85 bits per heavy atom. The predicted molar refractivity (Wildman–Crippen MR) is 78.2 cm³/mol. The van der Waals surface area contributed by atoms with Gasteiger partial charge >= 0.3 is 0 Å². The van der Waals surface area contributed by atoms with E-state index in [4.69, 9.17) is 4.74 Å². The molecule has 0 aliphatic rings. The minimum absolute atomic E-state index is 0.193. The smallest absolute Gasteiger partial charge is 0.259 e. The summed E-state index contributed by atoms with van der Waals surface area (Å²) in [5.74, 6) is 0.503. The molecule has 0 atom stereocenters. The lowest BCUT2D eigenvalue weighted by molar-refractivity contribution is 0.102. The number of H-pyrrole nitrogens is 1. The van der Waals surface area contributed by atoms with E-state index in [0.29, 0.717) is 23.6 Å². The molecule has 1 heterocycles. The normalized spacial score (nSPS) is 10.3. The summed E-state index contributed by atoms with van der Waals surface area (Å²) in [6.07, 6.45) is 2.44. The molecule has 20 heavy (non-hydrogen) atoms. The second-order valence-corrected chi connectivity index (χ2v) is 4.71. The number of aromatic amines is 1. The number of nitrogens with one attached hydrogen (secondary N) is 2. The SMILES string of the molecule is CCCOc1cc(C)ccc1NC(=O)c1cn[nH]c1C. The van der Waals surface area contributed by atoms with Crippen LogP contribution in [-0.2, 0) is 0 Å². The van der Waals surface area contributed by atoms with Crippen molar-refractivity contribution in [3.8, 4) is 5.75 Å². The van der Waals surface area contributed by atoms with Crippen molar-refractivity contribution in [1.82, 2.24) is 10.2 Å². The molecule has 1 aromatic heterocycles. The van der Waals surface area contributed by atoms with Crippen LogP contribution in [0.25, 0.3) is 0 Å². The van der Waals surface area contributed by atoms with Crippen LogP contribution in [0.4, 0.5) is 5.69 Å². The quantitative estimate of drug-likeness (QED) is 0.879. The lowest BCUT2D eigenvalue weighted by Gasteiger charge is -2.12. The van der Waals surface area contributed by atoms with Gasteiger partial charge in [-0.1, -0.05) is 13.0 Å². The molecule has 0 bridgehead atoms. The van der Waals surface area contributed by atoms with Crippen molar-refractivity contribution < 1.29 is 9.53 Å². The molecule has 106 valence electrons. The molecule has 2 rings (SSSR count). The third-order valence-corrected chi connectivity index (χ3v) is 2.92. The predicted octanol–water partition coefficient (Wildman–Crippen LogP) is 3.07. The van der Waals surface area contributed by atoms with Gasteiger partial charge in [-0.15, -0.1) is 0 Å². The van der Waals surface area contributed by atoms with Crippen molar-refractivity contribution in [3.63, 3.8) is 0 Å². The summed E-state index contributed by atoms with van der Waals surface area (Å²) in [6, 6.07) is 5.72. The minimum Gasteiger partial charge on any atom is -0.491 e. The first-order valence-corrected chi connectivity index (χ1v) is 6.66. The average molecular weight is 273 g/mol. The number of ether oxygens (including phenoxy) is 1. The van der Waals surface area contributed by atoms with Crippen LogP contribution in [0.5, 0.6) is 5.75 Å². The van der Waals surface area contributed by atoms with E-state index in [1.807, 2.05) is 39.0 Å². The van der Waals surface area contributed by atoms with Gasteiger partial charge in [0.2, 0.25) is 0 Å². The van der Waals surface area contributed by atoms with E-state index in [1.54, 1.807) is 0 Å². The van der Waals surface area contributed by atoms with Crippen LogP contribution in [0.2, 0.25) is 0 Å². The molecular weight excluding hydrogens is 254 g/mol. The maximum atomic E-state index is 12.2. The van der Waals surface area contributed by atoms with E-state index in [2.05, 4.69) is 15.5 Å². The first-order chi connectivity index (χ1) is 9.61. The number of benzene rings is 1. The van der Waals surface area contributed by atoms with E-state index in [1.165, 1.54) is 6.20 Å². The van der Waals surface area contributed by atoms with Gasteiger partial charge in [-0.2, -0.15) is 5.10 Å². The topological polar surface area (TPSA) is 67.0 Å². The van der Waals surface area contributed by atoms with Gasteiger partial charge in [-0.3, -0.25) is 9.89 Å². The first-order valence-electron chi connectivity index (χ1n) is 6.66. The summed E-state index contributed by atoms with van der Waals surface area (Å²) in [4.78, 5) is 12.2. The molecule has 0 unspecified atom stereocenters. The number of hydrogen-bond donors (Lipinski definition) is 2. The van der Waals surface area contributed by atoms with Crippen LogP contribution >= 0.6 is 0 Å². The second kappa shape index (κ2) is 6.23. The molecular formula is C15H19N3O2. The summed E-state index contributed by atoms with van der Waals surface area (Å²) in [6.45, 7) is 6.47.